The largest absolute Gasteiger partial charge is 0.376 e. The minimum Gasteiger partial charge on any atom is -0.376 e. The number of ether oxygens (including phenoxy) is 1. The lowest BCUT2D eigenvalue weighted by Crippen LogP contribution is -2.50. The van der Waals surface area contributed by atoms with E-state index in [-0.39, 0.29) is 18.6 Å². The second-order valence-electron chi connectivity index (χ2n) is 8.59. The SMILES string of the molecule is Cc1ccccc1CN1CCC(NC(=NCC(=O)N(C)C)NCC2CCCO2)CC1. The monoisotopic (exact) mass is 415 g/mol. The molecule has 0 aliphatic carbocycles. The highest BCUT2D eigenvalue weighted by Gasteiger charge is 2.22. The molecule has 7 heteroatoms. The Morgan fingerprint density at radius 2 is 2.00 bits per heavy atom. The molecule has 2 heterocycles. The Balaban J connectivity index is 1.50. The number of carbonyl (C=O) groups is 1. The van der Waals surface area contributed by atoms with E-state index in [9.17, 15) is 4.79 Å². The molecule has 7 nitrogen and oxygen atoms in total. The van der Waals surface area contributed by atoms with Crippen LogP contribution in [-0.4, -0.2) is 80.7 Å². The number of likely N-dealkylation sites (tertiary alicyclic amines) is 1. The van der Waals surface area contributed by atoms with Crippen LogP contribution < -0.4 is 10.6 Å². The molecule has 0 saturated carbocycles. The van der Waals surface area contributed by atoms with Crippen molar-refractivity contribution in [1.82, 2.24) is 20.4 Å². The molecule has 2 saturated heterocycles. The lowest BCUT2D eigenvalue weighted by Gasteiger charge is -2.33. The quantitative estimate of drug-likeness (QED) is 0.525. The van der Waals surface area contributed by atoms with Crippen LogP contribution in [0.2, 0.25) is 0 Å². The number of aliphatic imine (C=N–C) groups is 1. The number of benzene rings is 1. The summed E-state index contributed by atoms with van der Waals surface area (Å²) in [7, 11) is 3.52. The first-order chi connectivity index (χ1) is 14.5. The normalized spacial score (nSPS) is 20.9. The summed E-state index contributed by atoms with van der Waals surface area (Å²) in [5.74, 6) is 0.722. The zero-order chi connectivity index (χ0) is 21.3. The predicted octanol–water partition coefficient (Wildman–Crippen LogP) is 1.76. The van der Waals surface area contributed by atoms with E-state index in [1.54, 1.807) is 19.0 Å². The van der Waals surface area contributed by atoms with Gasteiger partial charge in [0.1, 0.15) is 6.54 Å². The van der Waals surface area contributed by atoms with Gasteiger partial charge in [-0.15, -0.1) is 0 Å². The summed E-state index contributed by atoms with van der Waals surface area (Å²) in [4.78, 5) is 20.6. The van der Waals surface area contributed by atoms with Crippen LogP contribution in [0.4, 0.5) is 0 Å². The summed E-state index contributed by atoms with van der Waals surface area (Å²) in [6.45, 7) is 7.03. The molecule has 2 aliphatic heterocycles. The van der Waals surface area contributed by atoms with Crippen LogP contribution in [0.25, 0.3) is 0 Å². The molecular formula is C23H37N5O2. The topological polar surface area (TPSA) is 69.2 Å². The van der Waals surface area contributed by atoms with Crippen LogP contribution in [-0.2, 0) is 16.1 Å². The maximum atomic E-state index is 12.0. The number of aryl methyl sites for hydroxylation is 1. The van der Waals surface area contributed by atoms with Crippen molar-refractivity contribution >= 4 is 11.9 Å². The molecule has 1 amide bonds. The summed E-state index contributed by atoms with van der Waals surface area (Å²) >= 11 is 0. The van der Waals surface area contributed by atoms with Crippen LogP contribution in [0.15, 0.2) is 29.3 Å². The molecule has 0 spiro atoms. The van der Waals surface area contributed by atoms with E-state index >= 15 is 0 Å². The number of nitrogens with one attached hydrogen (secondary N) is 2. The molecule has 166 valence electrons. The number of guanidine groups is 1. The minimum atomic E-state index is 0.00117. The molecule has 2 N–H and O–H groups in total. The molecule has 0 bridgehead atoms. The molecule has 2 aliphatic rings. The van der Waals surface area contributed by atoms with Crippen molar-refractivity contribution in [2.45, 2.75) is 51.3 Å². The number of nitrogens with zero attached hydrogens (tertiary/aromatic N) is 3. The second-order valence-corrected chi connectivity index (χ2v) is 8.59. The standard InChI is InChI=1S/C23H37N5O2/c1-18-7-4-5-8-19(18)17-28-12-10-20(11-13-28)26-23(25-16-22(29)27(2)3)24-15-21-9-6-14-30-21/h4-5,7-8,20-21H,6,9-17H2,1-3H3,(H2,24,25,26). The molecule has 3 rings (SSSR count). The van der Waals surface area contributed by atoms with Crippen molar-refractivity contribution in [1.29, 1.82) is 0 Å². The van der Waals surface area contributed by atoms with Gasteiger partial charge in [0.15, 0.2) is 5.96 Å². The number of hydrogen-bond donors (Lipinski definition) is 2. The third kappa shape index (κ3) is 6.99. The number of hydrogen-bond acceptors (Lipinski definition) is 4. The Morgan fingerprint density at radius 1 is 1.23 bits per heavy atom. The highest BCUT2D eigenvalue weighted by molar-refractivity contribution is 5.85. The smallest absolute Gasteiger partial charge is 0.243 e. The van der Waals surface area contributed by atoms with Gasteiger partial charge in [-0.1, -0.05) is 24.3 Å². The van der Waals surface area contributed by atoms with Gasteiger partial charge in [-0.25, -0.2) is 4.99 Å². The molecule has 1 aromatic carbocycles. The van der Waals surface area contributed by atoms with Gasteiger partial charge >= 0.3 is 0 Å². The fraction of sp³-hybridized carbons (Fsp3) is 0.652. The van der Waals surface area contributed by atoms with E-state index in [1.165, 1.54) is 11.1 Å². The van der Waals surface area contributed by atoms with Crippen LogP contribution >= 0.6 is 0 Å². The fourth-order valence-corrected chi connectivity index (χ4v) is 3.91. The first-order valence-corrected chi connectivity index (χ1v) is 11.1. The average Bonchev–Trinajstić information content (AvgIpc) is 3.26. The van der Waals surface area contributed by atoms with E-state index in [2.05, 4.69) is 51.7 Å². The predicted molar refractivity (Wildman–Crippen MR) is 121 cm³/mol. The van der Waals surface area contributed by atoms with Crippen molar-refractivity contribution in [3.8, 4) is 0 Å². The summed E-state index contributed by atoms with van der Waals surface area (Å²) in [6.07, 6.45) is 4.55. The highest BCUT2D eigenvalue weighted by Crippen LogP contribution is 2.16. The number of likely N-dealkylation sites (N-methyl/N-ethyl adjacent to an activating group) is 1. The Labute approximate surface area is 180 Å². The van der Waals surface area contributed by atoms with Gasteiger partial charge in [0.2, 0.25) is 5.91 Å². The Bertz CT molecular complexity index is 707. The highest BCUT2D eigenvalue weighted by atomic mass is 16.5. The second kappa shape index (κ2) is 11.3. The summed E-state index contributed by atoms with van der Waals surface area (Å²) in [5.41, 5.74) is 2.77. The van der Waals surface area contributed by atoms with Crippen molar-refractivity contribution in [2.24, 2.45) is 4.99 Å². The maximum Gasteiger partial charge on any atom is 0.243 e. The third-order valence-corrected chi connectivity index (χ3v) is 5.98. The van der Waals surface area contributed by atoms with Gasteiger partial charge in [-0.2, -0.15) is 0 Å². The van der Waals surface area contributed by atoms with Gasteiger partial charge in [0, 0.05) is 52.9 Å². The van der Waals surface area contributed by atoms with E-state index in [0.29, 0.717) is 6.04 Å². The summed E-state index contributed by atoms with van der Waals surface area (Å²) < 4.78 is 5.71. The van der Waals surface area contributed by atoms with E-state index in [0.717, 1.165) is 64.4 Å². The van der Waals surface area contributed by atoms with Gasteiger partial charge in [-0.3, -0.25) is 9.69 Å². The maximum absolute atomic E-state index is 12.0. The van der Waals surface area contributed by atoms with Gasteiger partial charge in [0.25, 0.3) is 0 Å². The van der Waals surface area contributed by atoms with E-state index in [4.69, 9.17) is 4.74 Å². The van der Waals surface area contributed by atoms with Crippen LogP contribution in [0.5, 0.6) is 0 Å². The molecule has 1 unspecified atom stereocenters. The Morgan fingerprint density at radius 3 is 2.67 bits per heavy atom. The van der Waals surface area contributed by atoms with Crippen molar-refractivity contribution in [3.05, 3.63) is 35.4 Å². The minimum absolute atomic E-state index is 0.00117. The summed E-state index contributed by atoms with van der Waals surface area (Å²) in [6, 6.07) is 8.99. The lowest BCUT2D eigenvalue weighted by atomic mass is 10.0. The molecule has 0 aromatic heterocycles. The third-order valence-electron chi connectivity index (χ3n) is 5.98. The Kier molecular flexibility index (Phi) is 8.51. The summed E-state index contributed by atoms with van der Waals surface area (Å²) in [5, 5.41) is 6.95. The first kappa shape index (κ1) is 22.6. The lowest BCUT2D eigenvalue weighted by molar-refractivity contribution is -0.127. The zero-order valence-electron chi connectivity index (χ0n) is 18.7. The van der Waals surface area contributed by atoms with Crippen LogP contribution in [0.3, 0.4) is 0 Å². The number of carbonyl (C=O) groups excluding carboxylic acids is 1. The molecule has 30 heavy (non-hydrogen) atoms. The number of rotatable bonds is 7. The van der Waals surface area contributed by atoms with Crippen molar-refractivity contribution in [2.75, 3.05) is 46.9 Å². The zero-order valence-corrected chi connectivity index (χ0v) is 18.7. The molecule has 0 radical (unpaired) electrons. The average molecular weight is 416 g/mol. The van der Waals surface area contributed by atoms with E-state index in [1.807, 2.05) is 0 Å². The van der Waals surface area contributed by atoms with Crippen molar-refractivity contribution in [3.63, 3.8) is 0 Å². The van der Waals surface area contributed by atoms with Gasteiger partial charge < -0.3 is 20.3 Å². The Hall–Kier alpha value is -2.12. The fourth-order valence-electron chi connectivity index (χ4n) is 3.91. The van der Waals surface area contributed by atoms with E-state index < -0.39 is 0 Å². The number of amides is 1. The first-order valence-electron chi connectivity index (χ1n) is 11.1. The molecule has 2 fully saturated rings. The van der Waals surface area contributed by atoms with Crippen LogP contribution in [0.1, 0.15) is 36.8 Å². The van der Waals surface area contributed by atoms with Gasteiger partial charge in [0.05, 0.1) is 6.10 Å². The molecule has 1 aromatic rings. The van der Waals surface area contributed by atoms with Crippen molar-refractivity contribution < 1.29 is 9.53 Å². The molecule has 1 atom stereocenters. The molecular weight excluding hydrogens is 378 g/mol. The number of piperidine rings is 1. The van der Waals surface area contributed by atoms with Crippen LogP contribution in [0, 0.1) is 6.92 Å². The van der Waals surface area contributed by atoms with Gasteiger partial charge in [-0.05, 0) is 43.7 Å².